The van der Waals surface area contributed by atoms with Crippen LogP contribution in [0.5, 0.6) is 5.75 Å². The normalized spacial score (nSPS) is 14.8. The highest BCUT2D eigenvalue weighted by molar-refractivity contribution is 6.30. The maximum Gasteiger partial charge on any atom is 0.122 e. The molecule has 1 saturated carbocycles. The molecule has 1 aliphatic carbocycles. The van der Waals surface area contributed by atoms with Gasteiger partial charge in [0.2, 0.25) is 0 Å². The Morgan fingerprint density at radius 3 is 2.83 bits per heavy atom. The van der Waals surface area contributed by atoms with Crippen LogP contribution in [0.25, 0.3) is 0 Å². The molecular formula is C15H22ClNO. The summed E-state index contributed by atoms with van der Waals surface area (Å²) in [5.41, 5.74) is 1.22. The van der Waals surface area contributed by atoms with E-state index in [-0.39, 0.29) is 0 Å². The Kier molecular flexibility index (Phi) is 5.33. The average molecular weight is 268 g/mol. The molecule has 2 rings (SSSR count). The Balaban J connectivity index is 1.66. The number of unbranched alkanes of at least 4 members (excludes halogenated alkanes) is 2. The Hall–Kier alpha value is -0.730. The van der Waals surface area contributed by atoms with Gasteiger partial charge in [-0.05, 0) is 62.4 Å². The third-order valence-electron chi connectivity index (χ3n) is 3.38. The van der Waals surface area contributed by atoms with E-state index in [1.807, 2.05) is 18.2 Å². The van der Waals surface area contributed by atoms with Crippen molar-refractivity contribution in [3.05, 3.63) is 28.8 Å². The third kappa shape index (κ3) is 4.51. The molecule has 0 heterocycles. The molecule has 1 fully saturated rings. The van der Waals surface area contributed by atoms with Crippen LogP contribution in [0.4, 0.5) is 0 Å². The van der Waals surface area contributed by atoms with Crippen LogP contribution in [0.2, 0.25) is 5.02 Å². The van der Waals surface area contributed by atoms with Crippen molar-refractivity contribution >= 4 is 11.6 Å². The van der Waals surface area contributed by atoms with Gasteiger partial charge in [0, 0.05) is 11.1 Å². The van der Waals surface area contributed by atoms with Crippen molar-refractivity contribution in [3.8, 4) is 5.75 Å². The maximum absolute atomic E-state index is 6.01. The number of nitrogens with one attached hydrogen (secondary N) is 1. The molecule has 0 radical (unpaired) electrons. The summed E-state index contributed by atoms with van der Waals surface area (Å²) in [7, 11) is 1.71. The van der Waals surface area contributed by atoms with Crippen molar-refractivity contribution in [2.45, 2.75) is 44.6 Å². The molecule has 1 aliphatic rings. The molecule has 0 aliphatic heterocycles. The lowest BCUT2D eigenvalue weighted by Gasteiger charge is -2.09. The molecule has 0 aromatic heterocycles. The molecule has 0 saturated heterocycles. The SMILES string of the molecule is COc1ccc(Cl)cc1CCCCCNC1CC1. The number of methoxy groups -OCH3 is 1. The lowest BCUT2D eigenvalue weighted by molar-refractivity contribution is 0.408. The van der Waals surface area contributed by atoms with Crippen molar-refractivity contribution < 1.29 is 4.74 Å². The van der Waals surface area contributed by atoms with E-state index in [2.05, 4.69) is 5.32 Å². The van der Waals surface area contributed by atoms with Gasteiger partial charge in [-0.2, -0.15) is 0 Å². The fourth-order valence-corrected chi connectivity index (χ4v) is 2.35. The van der Waals surface area contributed by atoms with Crippen LogP contribution in [-0.2, 0) is 6.42 Å². The summed E-state index contributed by atoms with van der Waals surface area (Å²) in [5.74, 6) is 0.954. The minimum Gasteiger partial charge on any atom is -0.496 e. The molecule has 0 unspecified atom stereocenters. The summed E-state index contributed by atoms with van der Waals surface area (Å²) in [6.45, 7) is 1.16. The zero-order chi connectivity index (χ0) is 12.8. The van der Waals surface area contributed by atoms with Gasteiger partial charge in [0.15, 0.2) is 0 Å². The van der Waals surface area contributed by atoms with Gasteiger partial charge >= 0.3 is 0 Å². The zero-order valence-corrected chi connectivity index (χ0v) is 11.8. The standard InChI is InChI=1S/C15H22ClNO/c1-18-15-9-6-13(16)11-12(15)5-3-2-4-10-17-14-7-8-14/h6,9,11,14,17H,2-5,7-8,10H2,1H3. The van der Waals surface area contributed by atoms with E-state index < -0.39 is 0 Å². The Morgan fingerprint density at radius 2 is 2.11 bits per heavy atom. The summed E-state index contributed by atoms with van der Waals surface area (Å²) in [6.07, 6.45) is 7.52. The number of ether oxygens (including phenoxy) is 1. The fraction of sp³-hybridized carbons (Fsp3) is 0.600. The van der Waals surface area contributed by atoms with Crippen LogP contribution in [0.15, 0.2) is 18.2 Å². The second-order valence-corrected chi connectivity index (χ2v) is 5.43. The van der Waals surface area contributed by atoms with Gasteiger partial charge in [-0.3, -0.25) is 0 Å². The molecule has 0 spiro atoms. The van der Waals surface area contributed by atoms with Gasteiger partial charge in [-0.15, -0.1) is 0 Å². The molecule has 0 atom stereocenters. The van der Waals surface area contributed by atoms with E-state index in [0.717, 1.165) is 29.8 Å². The minimum absolute atomic E-state index is 0.793. The van der Waals surface area contributed by atoms with Crippen molar-refractivity contribution in [3.63, 3.8) is 0 Å². The second-order valence-electron chi connectivity index (χ2n) is 5.00. The third-order valence-corrected chi connectivity index (χ3v) is 3.61. The predicted molar refractivity (Wildman–Crippen MR) is 76.6 cm³/mol. The smallest absolute Gasteiger partial charge is 0.122 e. The van der Waals surface area contributed by atoms with Crippen molar-refractivity contribution in [2.24, 2.45) is 0 Å². The number of aryl methyl sites for hydroxylation is 1. The highest BCUT2D eigenvalue weighted by Crippen LogP contribution is 2.24. The average Bonchev–Trinajstić information content (AvgIpc) is 3.18. The molecule has 0 bridgehead atoms. The molecule has 2 nitrogen and oxygen atoms in total. The van der Waals surface area contributed by atoms with E-state index in [4.69, 9.17) is 16.3 Å². The Morgan fingerprint density at radius 1 is 1.28 bits per heavy atom. The molecule has 1 aromatic rings. The number of hydrogen-bond acceptors (Lipinski definition) is 2. The van der Waals surface area contributed by atoms with Gasteiger partial charge in [0.25, 0.3) is 0 Å². The van der Waals surface area contributed by atoms with Gasteiger partial charge in [-0.25, -0.2) is 0 Å². The maximum atomic E-state index is 6.01. The number of rotatable bonds is 8. The summed E-state index contributed by atoms with van der Waals surface area (Å²) in [4.78, 5) is 0. The Bertz CT molecular complexity index is 377. The molecule has 0 amide bonds. The minimum atomic E-state index is 0.793. The summed E-state index contributed by atoms with van der Waals surface area (Å²) in [6, 6.07) is 6.68. The number of benzene rings is 1. The first-order valence-electron chi connectivity index (χ1n) is 6.85. The molecule has 1 aromatic carbocycles. The van der Waals surface area contributed by atoms with Gasteiger partial charge in [-0.1, -0.05) is 18.0 Å². The second kappa shape index (κ2) is 7.01. The molecule has 1 N–H and O–H groups in total. The van der Waals surface area contributed by atoms with Crippen molar-refractivity contribution in [2.75, 3.05) is 13.7 Å². The van der Waals surface area contributed by atoms with E-state index >= 15 is 0 Å². The van der Waals surface area contributed by atoms with Crippen LogP contribution >= 0.6 is 11.6 Å². The molecule has 3 heteroatoms. The van der Waals surface area contributed by atoms with Gasteiger partial charge in [0.05, 0.1) is 7.11 Å². The Labute approximate surface area is 115 Å². The summed E-state index contributed by atoms with van der Waals surface area (Å²) >= 11 is 6.01. The van der Waals surface area contributed by atoms with E-state index in [1.54, 1.807) is 7.11 Å². The topological polar surface area (TPSA) is 21.3 Å². The number of halogens is 1. The van der Waals surface area contributed by atoms with E-state index in [9.17, 15) is 0 Å². The molecular weight excluding hydrogens is 246 g/mol. The first-order chi connectivity index (χ1) is 8.79. The largest absolute Gasteiger partial charge is 0.496 e. The first kappa shape index (κ1) is 13.7. The van der Waals surface area contributed by atoms with Crippen LogP contribution in [0.3, 0.4) is 0 Å². The van der Waals surface area contributed by atoms with Crippen molar-refractivity contribution in [1.29, 1.82) is 0 Å². The summed E-state index contributed by atoms with van der Waals surface area (Å²) in [5, 5.41) is 4.33. The molecule has 18 heavy (non-hydrogen) atoms. The lowest BCUT2D eigenvalue weighted by Crippen LogP contribution is -2.17. The highest BCUT2D eigenvalue weighted by Gasteiger charge is 2.19. The quantitative estimate of drug-likeness (QED) is 0.723. The van der Waals surface area contributed by atoms with Gasteiger partial charge < -0.3 is 10.1 Å². The van der Waals surface area contributed by atoms with Crippen LogP contribution in [0.1, 0.15) is 37.7 Å². The van der Waals surface area contributed by atoms with E-state index in [1.165, 1.54) is 37.7 Å². The van der Waals surface area contributed by atoms with Crippen LogP contribution in [0, 0.1) is 0 Å². The zero-order valence-electron chi connectivity index (χ0n) is 11.0. The van der Waals surface area contributed by atoms with E-state index in [0.29, 0.717) is 0 Å². The fourth-order valence-electron chi connectivity index (χ4n) is 2.15. The lowest BCUT2D eigenvalue weighted by atomic mass is 10.1. The van der Waals surface area contributed by atoms with Crippen molar-refractivity contribution in [1.82, 2.24) is 5.32 Å². The van der Waals surface area contributed by atoms with Crippen LogP contribution in [-0.4, -0.2) is 19.7 Å². The van der Waals surface area contributed by atoms with Gasteiger partial charge in [0.1, 0.15) is 5.75 Å². The predicted octanol–water partition coefficient (Wildman–Crippen LogP) is 3.81. The first-order valence-corrected chi connectivity index (χ1v) is 7.23. The monoisotopic (exact) mass is 267 g/mol. The summed E-state index contributed by atoms with van der Waals surface area (Å²) < 4.78 is 5.35. The molecule has 100 valence electrons. The highest BCUT2D eigenvalue weighted by atomic mass is 35.5. The van der Waals surface area contributed by atoms with Crippen LogP contribution < -0.4 is 10.1 Å². The number of hydrogen-bond donors (Lipinski definition) is 1.